The number of benzene rings is 1. The minimum atomic E-state index is 0.436. The van der Waals surface area contributed by atoms with Crippen LogP contribution < -0.4 is 0 Å². The monoisotopic (exact) mass is 216 g/mol. The number of ketones is 1. The molecular weight excluding hydrogens is 196 g/mol. The van der Waals surface area contributed by atoms with E-state index in [0.29, 0.717) is 23.5 Å². The first kappa shape index (κ1) is 11.4. The zero-order chi connectivity index (χ0) is 11.5. The largest absolute Gasteiger partial charge is 0.300 e. The van der Waals surface area contributed by atoms with Crippen molar-refractivity contribution in [2.45, 2.75) is 39.0 Å². The van der Waals surface area contributed by atoms with Crippen LogP contribution in [0.15, 0.2) is 30.3 Å². The zero-order valence-corrected chi connectivity index (χ0v) is 10.1. The van der Waals surface area contributed by atoms with Crippen molar-refractivity contribution < 1.29 is 4.79 Å². The first-order valence-electron chi connectivity index (χ1n) is 6.25. The fourth-order valence-corrected chi connectivity index (χ4v) is 2.89. The van der Waals surface area contributed by atoms with E-state index in [-0.39, 0.29) is 0 Å². The van der Waals surface area contributed by atoms with Crippen LogP contribution in [-0.4, -0.2) is 5.78 Å². The van der Waals surface area contributed by atoms with E-state index < -0.39 is 0 Å². The molecule has 1 fully saturated rings. The average Bonchev–Trinajstić information content (AvgIpc) is 2.29. The second-order valence-corrected chi connectivity index (χ2v) is 5.21. The van der Waals surface area contributed by atoms with Gasteiger partial charge in [-0.05, 0) is 29.7 Å². The minimum absolute atomic E-state index is 0.436. The smallest absolute Gasteiger partial charge is 0.133 e. The lowest BCUT2D eigenvalue weighted by molar-refractivity contribution is -0.121. The van der Waals surface area contributed by atoms with Crippen molar-refractivity contribution in [3.05, 3.63) is 35.9 Å². The van der Waals surface area contributed by atoms with Crippen LogP contribution in [-0.2, 0) is 4.79 Å². The number of Topliss-reactive ketones (excluding diaryl/α,β-unsaturated/α-hetero) is 1. The topological polar surface area (TPSA) is 17.1 Å². The highest BCUT2D eigenvalue weighted by Gasteiger charge is 2.31. The molecule has 0 radical (unpaired) electrons. The fraction of sp³-hybridized carbons (Fsp3) is 0.533. The van der Waals surface area contributed by atoms with E-state index in [1.807, 2.05) is 6.07 Å². The van der Waals surface area contributed by atoms with Gasteiger partial charge < -0.3 is 0 Å². The van der Waals surface area contributed by atoms with Gasteiger partial charge in [-0.3, -0.25) is 4.79 Å². The molecule has 1 nitrogen and oxygen atoms in total. The van der Waals surface area contributed by atoms with Gasteiger partial charge in [0.2, 0.25) is 0 Å². The summed E-state index contributed by atoms with van der Waals surface area (Å²) in [5.41, 5.74) is 1.34. The van der Waals surface area contributed by atoms with Crippen molar-refractivity contribution >= 4 is 5.78 Å². The SMILES string of the molecule is CC(C)[C@H]1CCC(=O)C[C@@H]1c1ccccc1. The van der Waals surface area contributed by atoms with Gasteiger partial charge in [-0.15, -0.1) is 0 Å². The molecule has 0 bridgehead atoms. The Morgan fingerprint density at radius 3 is 2.50 bits per heavy atom. The standard InChI is InChI=1S/C15H20O/c1-11(2)14-9-8-13(16)10-15(14)12-6-4-3-5-7-12/h3-7,11,14-15H,8-10H2,1-2H3/t14-,15-/m1/s1. The number of carbonyl (C=O) groups is 1. The quantitative estimate of drug-likeness (QED) is 0.735. The van der Waals surface area contributed by atoms with Crippen LogP contribution in [0.2, 0.25) is 0 Å². The third kappa shape index (κ3) is 2.34. The summed E-state index contributed by atoms with van der Waals surface area (Å²) in [6, 6.07) is 10.5. The Kier molecular flexibility index (Phi) is 3.42. The maximum Gasteiger partial charge on any atom is 0.133 e. The highest BCUT2D eigenvalue weighted by molar-refractivity contribution is 5.80. The molecule has 1 aromatic rings. The van der Waals surface area contributed by atoms with Crippen LogP contribution in [0.3, 0.4) is 0 Å². The summed E-state index contributed by atoms with van der Waals surface area (Å²) in [6.45, 7) is 4.55. The van der Waals surface area contributed by atoms with Gasteiger partial charge >= 0.3 is 0 Å². The number of rotatable bonds is 2. The van der Waals surface area contributed by atoms with Crippen LogP contribution in [0.25, 0.3) is 0 Å². The zero-order valence-electron chi connectivity index (χ0n) is 10.1. The molecular formula is C15H20O. The molecule has 0 saturated heterocycles. The molecule has 86 valence electrons. The molecule has 0 unspecified atom stereocenters. The molecule has 0 amide bonds. The lowest BCUT2D eigenvalue weighted by Gasteiger charge is -2.34. The van der Waals surface area contributed by atoms with Gasteiger partial charge in [-0.1, -0.05) is 44.2 Å². The van der Waals surface area contributed by atoms with Crippen molar-refractivity contribution in [2.24, 2.45) is 11.8 Å². The predicted octanol–water partition coefficient (Wildman–Crippen LogP) is 3.80. The molecule has 1 aliphatic rings. The van der Waals surface area contributed by atoms with Gasteiger partial charge in [-0.25, -0.2) is 0 Å². The first-order chi connectivity index (χ1) is 7.68. The molecule has 0 heterocycles. The van der Waals surface area contributed by atoms with Crippen molar-refractivity contribution in [3.8, 4) is 0 Å². The van der Waals surface area contributed by atoms with Crippen LogP contribution >= 0.6 is 0 Å². The molecule has 16 heavy (non-hydrogen) atoms. The molecule has 1 heteroatoms. The third-order valence-corrected chi connectivity index (χ3v) is 3.80. The highest BCUT2D eigenvalue weighted by atomic mass is 16.1. The Hall–Kier alpha value is -1.11. The Morgan fingerprint density at radius 1 is 1.19 bits per heavy atom. The second-order valence-electron chi connectivity index (χ2n) is 5.21. The summed E-state index contributed by atoms with van der Waals surface area (Å²) in [5.74, 6) is 2.21. The van der Waals surface area contributed by atoms with Crippen molar-refractivity contribution in [1.82, 2.24) is 0 Å². The molecule has 2 rings (SSSR count). The van der Waals surface area contributed by atoms with E-state index in [0.717, 1.165) is 19.3 Å². The molecule has 0 spiro atoms. The average molecular weight is 216 g/mol. The summed E-state index contributed by atoms with van der Waals surface area (Å²) in [5, 5.41) is 0. The summed E-state index contributed by atoms with van der Waals surface area (Å²) in [7, 11) is 0. The number of carbonyl (C=O) groups excluding carboxylic acids is 1. The van der Waals surface area contributed by atoms with E-state index in [4.69, 9.17) is 0 Å². The van der Waals surface area contributed by atoms with E-state index in [1.54, 1.807) is 0 Å². The Bertz CT molecular complexity index is 353. The van der Waals surface area contributed by atoms with Gasteiger partial charge in [-0.2, -0.15) is 0 Å². The van der Waals surface area contributed by atoms with Gasteiger partial charge in [0.25, 0.3) is 0 Å². The minimum Gasteiger partial charge on any atom is -0.300 e. The van der Waals surface area contributed by atoms with Gasteiger partial charge in [0.1, 0.15) is 5.78 Å². The van der Waals surface area contributed by atoms with Gasteiger partial charge in [0.05, 0.1) is 0 Å². The number of hydrogen-bond acceptors (Lipinski definition) is 1. The number of hydrogen-bond donors (Lipinski definition) is 0. The summed E-state index contributed by atoms with van der Waals surface area (Å²) < 4.78 is 0. The molecule has 1 aromatic carbocycles. The van der Waals surface area contributed by atoms with Gasteiger partial charge in [0, 0.05) is 12.8 Å². The third-order valence-electron chi connectivity index (χ3n) is 3.80. The van der Waals surface area contributed by atoms with Crippen molar-refractivity contribution in [2.75, 3.05) is 0 Å². The predicted molar refractivity (Wildman–Crippen MR) is 66.4 cm³/mol. The Balaban J connectivity index is 2.24. The summed E-state index contributed by atoms with van der Waals surface area (Å²) in [4.78, 5) is 11.6. The van der Waals surface area contributed by atoms with Gasteiger partial charge in [0.15, 0.2) is 0 Å². The summed E-state index contributed by atoms with van der Waals surface area (Å²) >= 11 is 0. The van der Waals surface area contributed by atoms with Crippen molar-refractivity contribution in [1.29, 1.82) is 0 Å². The molecule has 0 N–H and O–H groups in total. The van der Waals surface area contributed by atoms with Crippen LogP contribution in [0.5, 0.6) is 0 Å². The fourth-order valence-electron chi connectivity index (χ4n) is 2.89. The molecule has 0 aromatic heterocycles. The molecule has 1 saturated carbocycles. The van der Waals surface area contributed by atoms with Crippen LogP contribution in [0.4, 0.5) is 0 Å². The second kappa shape index (κ2) is 4.82. The first-order valence-corrected chi connectivity index (χ1v) is 6.25. The maximum atomic E-state index is 11.6. The molecule has 0 aliphatic heterocycles. The Labute approximate surface area is 97.9 Å². The molecule has 1 aliphatic carbocycles. The maximum absolute atomic E-state index is 11.6. The highest BCUT2D eigenvalue weighted by Crippen LogP contribution is 2.40. The van der Waals surface area contributed by atoms with Crippen molar-refractivity contribution in [3.63, 3.8) is 0 Å². The van der Waals surface area contributed by atoms with E-state index in [2.05, 4.69) is 38.1 Å². The van der Waals surface area contributed by atoms with E-state index in [9.17, 15) is 4.79 Å². The lowest BCUT2D eigenvalue weighted by atomic mass is 9.70. The van der Waals surface area contributed by atoms with Crippen LogP contribution in [0, 0.1) is 11.8 Å². The van der Waals surface area contributed by atoms with Crippen LogP contribution in [0.1, 0.15) is 44.6 Å². The van der Waals surface area contributed by atoms with E-state index >= 15 is 0 Å². The lowest BCUT2D eigenvalue weighted by Crippen LogP contribution is -2.27. The Morgan fingerprint density at radius 2 is 1.88 bits per heavy atom. The van der Waals surface area contributed by atoms with E-state index in [1.165, 1.54) is 5.56 Å². The normalized spacial score (nSPS) is 26.1. The molecule has 2 atom stereocenters. The summed E-state index contributed by atoms with van der Waals surface area (Å²) in [6.07, 6.45) is 2.59.